The van der Waals surface area contributed by atoms with E-state index in [-0.39, 0.29) is 11.3 Å². The van der Waals surface area contributed by atoms with E-state index in [9.17, 15) is 13.2 Å². The van der Waals surface area contributed by atoms with E-state index in [4.69, 9.17) is 11.3 Å². The molecule has 0 bridgehead atoms. The molecular weight excluding hydrogens is 454 g/mol. The smallest absolute Gasteiger partial charge is 0.331 e. The summed E-state index contributed by atoms with van der Waals surface area (Å²) < 4.78 is 32.3. The van der Waals surface area contributed by atoms with Gasteiger partial charge in [-0.1, -0.05) is 46.0 Å². The number of carbonyl (C=O) groups is 1. The first kappa shape index (κ1) is 25.3. The molecule has 0 aliphatic carbocycles. The molecule has 0 aliphatic rings. The van der Waals surface area contributed by atoms with Gasteiger partial charge in [-0.25, -0.2) is 23.0 Å². The van der Waals surface area contributed by atoms with Crippen molar-refractivity contribution in [2.45, 2.75) is 52.4 Å². The minimum atomic E-state index is -3.37. The van der Waals surface area contributed by atoms with Crippen LogP contribution in [0.1, 0.15) is 62.7 Å². The second-order valence-corrected chi connectivity index (χ2v) is 10.2. The van der Waals surface area contributed by atoms with Crippen molar-refractivity contribution < 1.29 is 17.9 Å². The molecule has 0 saturated carbocycles. The highest BCUT2D eigenvalue weighted by atomic mass is 32.2. The number of unbranched alkanes of at least 4 members (excludes halogenated alkanes) is 3. The molecule has 3 aromatic rings. The first-order valence-electron chi connectivity index (χ1n) is 11.5. The molecule has 1 atom stereocenters. The van der Waals surface area contributed by atoms with E-state index in [0.29, 0.717) is 35.2 Å². The number of aromatic nitrogens is 3. The van der Waals surface area contributed by atoms with Crippen LogP contribution in [0.2, 0.25) is 0 Å². The Morgan fingerprint density at radius 1 is 1.24 bits per heavy atom. The summed E-state index contributed by atoms with van der Waals surface area (Å²) in [6.45, 7) is 12.0. The summed E-state index contributed by atoms with van der Waals surface area (Å²) in [6.07, 6.45) is 9.25. The number of rotatable bonds is 12. The molecule has 0 spiro atoms. The highest BCUT2D eigenvalue weighted by Gasteiger charge is 2.24. The lowest BCUT2D eigenvalue weighted by Gasteiger charge is -2.14. The van der Waals surface area contributed by atoms with Crippen LogP contribution in [-0.2, 0) is 14.8 Å². The number of hydrogen-bond acceptors (Lipinski definition) is 5. The van der Waals surface area contributed by atoms with Gasteiger partial charge in [0.05, 0.1) is 19.4 Å². The fourth-order valence-electron chi connectivity index (χ4n) is 3.77. The van der Waals surface area contributed by atoms with Gasteiger partial charge >= 0.3 is 5.97 Å². The minimum Gasteiger partial charge on any atom is -0.463 e. The quantitative estimate of drug-likeness (QED) is 0.203. The SMILES string of the molecule is [C-]#[N+]c1cn2[nH]c(-c3ccc(NS(C)(=O)=O)cc3)nc2c1C(=O)OCC(CC)CCCCCC. The summed E-state index contributed by atoms with van der Waals surface area (Å²) in [5.74, 6) is 0.226. The molecule has 3 rings (SSSR count). The third-order valence-electron chi connectivity index (χ3n) is 5.68. The van der Waals surface area contributed by atoms with Gasteiger partial charge in [0.15, 0.2) is 11.5 Å². The highest BCUT2D eigenvalue weighted by Crippen LogP contribution is 2.29. The first-order valence-corrected chi connectivity index (χ1v) is 13.4. The van der Waals surface area contributed by atoms with Crippen molar-refractivity contribution in [3.8, 4) is 11.4 Å². The number of anilines is 1. The van der Waals surface area contributed by atoms with Crippen LogP contribution in [0, 0.1) is 12.5 Å². The Morgan fingerprint density at radius 2 is 1.97 bits per heavy atom. The Morgan fingerprint density at radius 3 is 2.59 bits per heavy atom. The highest BCUT2D eigenvalue weighted by molar-refractivity contribution is 7.92. The Labute approximate surface area is 200 Å². The number of fused-ring (bicyclic) bond motifs is 1. The number of aromatic amines is 1. The number of nitrogens with zero attached hydrogens (tertiary/aromatic N) is 3. The topological polar surface area (TPSA) is 110 Å². The molecule has 10 heteroatoms. The van der Waals surface area contributed by atoms with Crippen LogP contribution in [0.3, 0.4) is 0 Å². The summed E-state index contributed by atoms with van der Waals surface area (Å²) in [4.78, 5) is 20.9. The standard InChI is InChI=1S/C24H31N5O4S/c1-5-7-8-9-10-17(6-2)16-33-24(30)21-20(25-3)15-29-23(21)26-22(27-29)18-11-13-19(14-12-18)28-34(4,31)32/h11-15,17,28H,5-10,16H2,1-2,4H3,(H,26,27). The predicted octanol–water partition coefficient (Wildman–Crippen LogP) is 5.41. The second-order valence-electron chi connectivity index (χ2n) is 8.44. The van der Waals surface area contributed by atoms with Crippen LogP contribution in [0.4, 0.5) is 11.4 Å². The molecule has 1 unspecified atom stereocenters. The van der Waals surface area contributed by atoms with Crippen molar-refractivity contribution in [3.05, 3.63) is 47.4 Å². The number of sulfonamides is 1. The zero-order valence-corrected chi connectivity index (χ0v) is 20.6. The van der Waals surface area contributed by atoms with Crippen LogP contribution in [0.25, 0.3) is 21.9 Å². The van der Waals surface area contributed by atoms with Gasteiger partial charge in [-0.3, -0.25) is 14.3 Å². The molecule has 2 heterocycles. The number of H-pyrrole nitrogens is 1. The van der Waals surface area contributed by atoms with Gasteiger partial charge in [0.1, 0.15) is 5.56 Å². The Hall–Kier alpha value is -3.32. The van der Waals surface area contributed by atoms with Gasteiger partial charge in [-0.05, 0) is 36.6 Å². The maximum Gasteiger partial charge on any atom is 0.331 e. The third-order valence-corrected chi connectivity index (χ3v) is 6.29. The Bertz CT molecular complexity index is 1270. The lowest BCUT2D eigenvalue weighted by molar-refractivity contribution is 0.0431. The van der Waals surface area contributed by atoms with Crippen molar-refractivity contribution >= 4 is 33.0 Å². The average Bonchev–Trinajstić information content (AvgIpc) is 3.35. The number of benzene rings is 1. The summed E-state index contributed by atoms with van der Waals surface area (Å²) in [6, 6.07) is 6.67. The molecule has 2 N–H and O–H groups in total. The van der Waals surface area contributed by atoms with E-state index in [0.717, 1.165) is 25.5 Å². The fourth-order valence-corrected chi connectivity index (χ4v) is 4.34. The summed E-state index contributed by atoms with van der Waals surface area (Å²) in [7, 11) is -3.37. The normalized spacial score (nSPS) is 12.4. The van der Waals surface area contributed by atoms with E-state index in [1.165, 1.54) is 30.0 Å². The largest absolute Gasteiger partial charge is 0.463 e. The van der Waals surface area contributed by atoms with Gasteiger partial charge in [-0.15, -0.1) is 0 Å². The molecular formula is C24H31N5O4S. The number of nitrogens with one attached hydrogen (secondary N) is 2. The number of ether oxygens (including phenoxy) is 1. The maximum absolute atomic E-state index is 12.9. The predicted molar refractivity (Wildman–Crippen MR) is 133 cm³/mol. The van der Waals surface area contributed by atoms with Gasteiger partial charge in [-0.2, -0.15) is 0 Å². The molecule has 0 radical (unpaired) electrons. The zero-order valence-electron chi connectivity index (χ0n) is 19.8. The first-order chi connectivity index (χ1) is 16.3. The molecule has 182 valence electrons. The molecule has 1 aromatic carbocycles. The van der Waals surface area contributed by atoms with Crippen molar-refractivity contribution in [3.63, 3.8) is 0 Å². The molecule has 2 aromatic heterocycles. The maximum atomic E-state index is 12.9. The molecule has 0 saturated heterocycles. The van der Waals surface area contributed by atoms with Crippen molar-refractivity contribution in [1.29, 1.82) is 0 Å². The summed E-state index contributed by atoms with van der Waals surface area (Å²) in [5, 5.41) is 3.06. The van der Waals surface area contributed by atoms with Gasteiger partial charge < -0.3 is 4.74 Å². The second kappa shape index (κ2) is 11.2. The van der Waals surface area contributed by atoms with Gasteiger partial charge in [0.25, 0.3) is 0 Å². The third kappa shape index (κ3) is 6.38. The monoisotopic (exact) mass is 485 g/mol. The van der Waals surface area contributed by atoms with Crippen molar-refractivity contribution in [1.82, 2.24) is 14.6 Å². The van der Waals surface area contributed by atoms with Gasteiger partial charge in [0, 0.05) is 17.4 Å². The minimum absolute atomic E-state index is 0.147. The van der Waals surface area contributed by atoms with Crippen LogP contribution in [-0.4, -0.2) is 41.8 Å². The van der Waals surface area contributed by atoms with E-state index in [2.05, 4.69) is 33.5 Å². The van der Waals surface area contributed by atoms with Crippen molar-refractivity contribution in [2.75, 3.05) is 17.6 Å². The molecule has 0 aliphatic heterocycles. The fraction of sp³-hybridized carbons (Fsp3) is 0.458. The van der Waals surface area contributed by atoms with Crippen LogP contribution >= 0.6 is 0 Å². The number of esters is 1. The Balaban J connectivity index is 1.76. The average molecular weight is 486 g/mol. The van der Waals surface area contributed by atoms with E-state index >= 15 is 0 Å². The zero-order chi connectivity index (χ0) is 24.7. The lowest BCUT2D eigenvalue weighted by atomic mass is 9.99. The van der Waals surface area contributed by atoms with Crippen LogP contribution < -0.4 is 4.72 Å². The van der Waals surface area contributed by atoms with E-state index in [1.54, 1.807) is 24.3 Å². The van der Waals surface area contributed by atoms with Crippen molar-refractivity contribution in [2.24, 2.45) is 5.92 Å². The molecule has 0 amide bonds. The number of carbonyl (C=O) groups excluding carboxylic acids is 1. The van der Waals surface area contributed by atoms with Crippen LogP contribution in [0.15, 0.2) is 30.5 Å². The summed E-state index contributed by atoms with van der Waals surface area (Å²) in [5.41, 5.74) is 1.78. The summed E-state index contributed by atoms with van der Waals surface area (Å²) >= 11 is 0. The van der Waals surface area contributed by atoms with E-state index in [1.807, 2.05) is 0 Å². The number of hydrogen-bond donors (Lipinski definition) is 2. The molecule has 34 heavy (non-hydrogen) atoms. The lowest BCUT2D eigenvalue weighted by Crippen LogP contribution is -2.14. The van der Waals surface area contributed by atoms with Gasteiger partial charge in [0.2, 0.25) is 15.7 Å². The van der Waals surface area contributed by atoms with E-state index < -0.39 is 16.0 Å². The molecule has 0 fully saturated rings. The molecule has 9 nitrogen and oxygen atoms in total. The van der Waals surface area contributed by atoms with Crippen LogP contribution in [0.5, 0.6) is 0 Å². The Kier molecular flexibility index (Phi) is 8.34.